The van der Waals surface area contributed by atoms with Gasteiger partial charge in [0.25, 0.3) is 5.91 Å². The second kappa shape index (κ2) is 4.89. The fourth-order valence-electron chi connectivity index (χ4n) is 2.17. The van der Waals surface area contributed by atoms with Crippen LogP contribution in [0.25, 0.3) is 11.0 Å². The van der Waals surface area contributed by atoms with Gasteiger partial charge >= 0.3 is 5.97 Å². The van der Waals surface area contributed by atoms with E-state index in [4.69, 9.17) is 9.84 Å². The molecule has 104 valence electrons. The Balaban J connectivity index is 1.77. The van der Waals surface area contributed by atoms with E-state index in [0.29, 0.717) is 16.6 Å². The lowest BCUT2D eigenvalue weighted by Gasteiger charge is -2.15. The average molecular weight is 276 g/mol. The Hall–Kier alpha value is -2.48. The van der Waals surface area contributed by atoms with Crippen LogP contribution in [0, 0.1) is 5.92 Å². The minimum atomic E-state index is -0.972. The molecule has 1 aromatic carbocycles. The Morgan fingerprint density at radius 1 is 1.30 bits per heavy atom. The molecule has 0 aliphatic carbocycles. The average Bonchev–Trinajstić information content (AvgIpc) is 3.05. The van der Waals surface area contributed by atoms with E-state index >= 15 is 0 Å². The molecule has 0 radical (unpaired) electrons. The number of carboxylic acids is 1. The minimum Gasteiger partial charge on any atom is -0.481 e. The number of carboxylic acid groups (broad SMARTS) is 1. The fraction of sp³-hybridized carbons (Fsp3) is 0.333. The van der Waals surface area contributed by atoms with E-state index in [2.05, 4.69) is 20.7 Å². The Bertz CT molecular complexity index is 668. The van der Waals surface area contributed by atoms with Gasteiger partial charge in [-0.25, -0.2) is 0 Å². The lowest BCUT2D eigenvalue weighted by Crippen LogP contribution is -2.42. The molecular formula is C12H12N4O4. The first kappa shape index (κ1) is 12.5. The summed E-state index contributed by atoms with van der Waals surface area (Å²) in [5.74, 6) is -2.04. The van der Waals surface area contributed by atoms with Crippen molar-refractivity contribution in [1.82, 2.24) is 20.7 Å². The summed E-state index contributed by atoms with van der Waals surface area (Å²) < 4.78 is 5.10. The number of H-pyrrole nitrogens is 1. The van der Waals surface area contributed by atoms with Crippen molar-refractivity contribution >= 4 is 22.9 Å². The van der Waals surface area contributed by atoms with Crippen LogP contribution in [-0.4, -0.2) is 51.6 Å². The van der Waals surface area contributed by atoms with Crippen molar-refractivity contribution in [3.63, 3.8) is 0 Å². The number of hydrogen-bond acceptors (Lipinski definition) is 5. The van der Waals surface area contributed by atoms with E-state index in [9.17, 15) is 9.59 Å². The Morgan fingerprint density at radius 2 is 2.10 bits per heavy atom. The number of carbonyl (C=O) groups is 2. The number of nitrogens with one attached hydrogen (secondary N) is 2. The van der Waals surface area contributed by atoms with E-state index in [1.54, 1.807) is 18.2 Å². The van der Waals surface area contributed by atoms with Crippen molar-refractivity contribution in [1.29, 1.82) is 0 Å². The first-order valence-corrected chi connectivity index (χ1v) is 6.07. The highest BCUT2D eigenvalue weighted by Crippen LogP contribution is 2.16. The number of aliphatic carboxylic acids is 1. The monoisotopic (exact) mass is 276 g/mol. The predicted octanol–water partition coefficient (Wildman–Crippen LogP) is -0.213. The van der Waals surface area contributed by atoms with Crippen molar-refractivity contribution < 1.29 is 19.4 Å². The van der Waals surface area contributed by atoms with Gasteiger partial charge in [0.1, 0.15) is 17.0 Å². The standard InChI is InChI=1S/C12H12N4O4/c17-11(13-10-5-20-4-7(10)12(18)19)6-1-2-8-9(3-6)15-16-14-8/h1-3,7,10H,4-5H2,(H,13,17)(H,18,19)(H,14,15,16). The van der Waals surface area contributed by atoms with Crippen molar-refractivity contribution in [2.24, 2.45) is 5.92 Å². The number of hydrogen-bond donors (Lipinski definition) is 3. The van der Waals surface area contributed by atoms with Crippen LogP contribution in [0.4, 0.5) is 0 Å². The number of ether oxygens (including phenoxy) is 1. The smallest absolute Gasteiger partial charge is 0.311 e. The van der Waals surface area contributed by atoms with Crippen molar-refractivity contribution in [2.75, 3.05) is 13.2 Å². The largest absolute Gasteiger partial charge is 0.481 e. The lowest BCUT2D eigenvalue weighted by atomic mass is 10.0. The van der Waals surface area contributed by atoms with Crippen molar-refractivity contribution in [2.45, 2.75) is 6.04 Å². The predicted molar refractivity (Wildman–Crippen MR) is 67.1 cm³/mol. The van der Waals surface area contributed by atoms with E-state index in [0.717, 1.165) is 0 Å². The highest BCUT2D eigenvalue weighted by atomic mass is 16.5. The molecule has 8 heteroatoms. The van der Waals surface area contributed by atoms with Gasteiger partial charge in [-0.2, -0.15) is 15.4 Å². The highest BCUT2D eigenvalue weighted by Gasteiger charge is 2.35. The quantitative estimate of drug-likeness (QED) is 0.714. The van der Waals surface area contributed by atoms with Gasteiger partial charge in [0.05, 0.1) is 19.3 Å². The van der Waals surface area contributed by atoms with Gasteiger partial charge in [0.2, 0.25) is 0 Å². The molecule has 20 heavy (non-hydrogen) atoms. The van der Waals surface area contributed by atoms with Crippen LogP contribution in [0.3, 0.4) is 0 Å². The summed E-state index contributed by atoms with van der Waals surface area (Å²) in [7, 11) is 0. The van der Waals surface area contributed by atoms with Gasteiger partial charge < -0.3 is 15.2 Å². The van der Waals surface area contributed by atoms with Crippen molar-refractivity contribution in [3.05, 3.63) is 23.8 Å². The maximum atomic E-state index is 12.1. The summed E-state index contributed by atoms with van der Waals surface area (Å²) in [4.78, 5) is 23.1. The zero-order chi connectivity index (χ0) is 14.1. The molecule has 2 heterocycles. The molecule has 1 aliphatic rings. The third-order valence-corrected chi connectivity index (χ3v) is 3.29. The third-order valence-electron chi connectivity index (χ3n) is 3.29. The zero-order valence-corrected chi connectivity index (χ0v) is 10.4. The normalized spacial score (nSPS) is 22.0. The molecule has 1 amide bonds. The summed E-state index contributed by atoms with van der Waals surface area (Å²) in [6.45, 7) is 0.317. The van der Waals surface area contributed by atoms with Crippen LogP contribution < -0.4 is 5.32 Å². The fourth-order valence-corrected chi connectivity index (χ4v) is 2.17. The Labute approximate surface area is 113 Å². The molecule has 3 N–H and O–H groups in total. The van der Waals surface area contributed by atoms with Gasteiger partial charge in [-0.05, 0) is 18.2 Å². The van der Waals surface area contributed by atoms with Crippen LogP contribution in [0.2, 0.25) is 0 Å². The molecule has 2 atom stereocenters. The number of aromatic nitrogens is 3. The topological polar surface area (TPSA) is 117 Å². The second-order valence-corrected chi connectivity index (χ2v) is 4.59. The second-order valence-electron chi connectivity index (χ2n) is 4.59. The Morgan fingerprint density at radius 3 is 2.90 bits per heavy atom. The minimum absolute atomic E-state index is 0.114. The number of amides is 1. The van der Waals surface area contributed by atoms with Crippen molar-refractivity contribution in [3.8, 4) is 0 Å². The molecule has 1 aliphatic heterocycles. The van der Waals surface area contributed by atoms with Gasteiger partial charge in [-0.3, -0.25) is 9.59 Å². The Kier molecular flexibility index (Phi) is 3.07. The zero-order valence-electron chi connectivity index (χ0n) is 10.4. The van der Waals surface area contributed by atoms with E-state index < -0.39 is 17.9 Å². The van der Waals surface area contributed by atoms with Crippen LogP contribution >= 0.6 is 0 Å². The summed E-state index contributed by atoms with van der Waals surface area (Å²) in [6.07, 6.45) is 0. The van der Waals surface area contributed by atoms with Crippen LogP contribution in [0.5, 0.6) is 0 Å². The maximum absolute atomic E-state index is 12.1. The number of rotatable bonds is 3. The molecular weight excluding hydrogens is 264 g/mol. The summed E-state index contributed by atoms with van der Waals surface area (Å²) in [5, 5.41) is 22.0. The van der Waals surface area contributed by atoms with Gasteiger partial charge in [0.15, 0.2) is 0 Å². The van der Waals surface area contributed by atoms with Gasteiger partial charge in [-0.15, -0.1) is 0 Å². The molecule has 1 saturated heterocycles. The molecule has 0 spiro atoms. The lowest BCUT2D eigenvalue weighted by molar-refractivity contribution is -0.142. The summed E-state index contributed by atoms with van der Waals surface area (Å²) >= 11 is 0. The number of fused-ring (bicyclic) bond motifs is 1. The third kappa shape index (κ3) is 2.21. The molecule has 1 aromatic heterocycles. The number of benzene rings is 1. The van der Waals surface area contributed by atoms with Crippen LogP contribution in [0.15, 0.2) is 18.2 Å². The number of carbonyl (C=O) groups excluding carboxylic acids is 1. The highest BCUT2D eigenvalue weighted by molar-refractivity contribution is 5.97. The van der Waals surface area contributed by atoms with Gasteiger partial charge in [-0.1, -0.05) is 0 Å². The molecule has 2 unspecified atom stereocenters. The molecule has 3 rings (SSSR count). The summed E-state index contributed by atoms with van der Waals surface area (Å²) in [6, 6.07) is 4.37. The molecule has 0 saturated carbocycles. The molecule has 2 aromatic rings. The first-order valence-electron chi connectivity index (χ1n) is 6.07. The van der Waals surface area contributed by atoms with Crippen LogP contribution in [0.1, 0.15) is 10.4 Å². The number of nitrogens with zero attached hydrogens (tertiary/aromatic N) is 2. The molecule has 1 fully saturated rings. The van der Waals surface area contributed by atoms with Gasteiger partial charge in [0, 0.05) is 5.56 Å². The van der Waals surface area contributed by atoms with E-state index in [-0.39, 0.29) is 19.1 Å². The SMILES string of the molecule is O=C(NC1COCC1C(=O)O)c1ccc2n[nH]nc2c1. The summed E-state index contributed by atoms with van der Waals surface area (Å²) in [5.41, 5.74) is 1.65. The molecule has 8 nitrogen and oxygen atoms in total. The maximum Gasteiger partial charge on any atom is 0.311 e. The number of aromatic amines is 1. The van der Waals surface area contributed by atoms with E-state index in [1.165, 1.54) is 0 Å². The van der Waals surface area contributed by atoms with E-state index in [1.807, 2.05) is 0 Å². The first-order chi connectivity index (χ1) is 9.65. The van der Waals surface area contributed by atoms with Crippen LogP contribution in [-0.2, 0) is 9.53 Å². The molecule has 0 bridgehead atoms.